The number of piperidine rings is 1. The van der Waals surface area contributed by atoms with Crippen LogP contribution >= 0.6 is 0 Å². The molecule has 2 aromatic carbocycles. The maximum atomic E-state index is 13.2. The first kappa shape index (κ1) is 17.3. The molecule has 1 saturated carbocycles. The zero-order valence-electron chi connectivity index (χ0n) is 15.5. The Morgan fingerprint density at radius 1 is 1.04 bits per heavy atom. The van der Waals surface area contributed by atoms with Crippen molar-refractivity contribution in [2.75, 3.05) is 20.2 Å². The molecular formula is C23H27NO2. The lowest BCUT2D eigenvalue weighted by molar-refractivity contribution is -0.0295. The first-order valence-corrected chi connectivity index (χ1v) is 9.69. The van der Waals surface area contributed by atoms with Crippen molar-refractivity contribution in [3.05, 3.63) is 60.2 Å². The summed E-state index contributed by atoms with van der Waals surface area (Å²) < 4.78 is 5.78. The fourth-order valence-electron chi connectivity index (χ4n) is 4.92. The van der Waals surface area contributed by atoms with E-state index in [1.807, 2.05) is 43.5 Å². The standard InChI is InChI=1S/C23H27NO2/c1-26-21-12-6-13-23(21)14-7-15-24(17-23)22(25)20-11-5-10-19(16-20)18-8-3-2-4-9-18/h2-5,8-11,16,21H,6-7,12-15,17H2,1H3/t21-,23-/m1/s1. The molecule has 1 heterocycles. The average Bonchev–Trinajstić information content (AvgIpc) is 3.09. The lowest BCUT2D eigenvalue weighted by Gasteiger charge is -2.43. The summed E-state index contributed by atoms with van der Waals surface area (Å²) in [4.78, 5) is 15.3. The quantitative estimate of drug-likeness (QED) is 0.798. The van der Waals surface area contributed by atoms with Gasteiger partial charge in [-0.25, -0.2) is 0 Å². The van der Waals surface area contributed by atoms with Gasteiger partial charge in [-0.1, -0.05) is 48.9 Å². The monoisotopic (exact) mass is 349 g/mol. The van der Waals surface area contributed by atoms with Crippen LogP contribution in [0.15, 0.2) is 54.6 Å². The van der Waals surface area contributed by atoms with E-state index in [0.717, 1.165) is 42.6 Å². The van der Waals surface area contributed by atoms with E-state index >= 15 is 0 Å². The minimum Gasteiger partial charge on any atom is -0.381 e. The number of carbonyl (C=O) groups is 1. The predicted molar refractivity (Wildman–Crippen MR) is 104 cm³/mol. The van der Waals surface area contributed by atoms with Gasteiger partial charge in [0.15, 0.2) is 0 Å². The summed E-state index contributed by atoms with van der Waals surface area (Å²) in [6, 6.07) is 18.3. The number of carbonyl (C=O) groups excluding carboxylic acids is 1. The van der Waals surface area contributed by atoms with Gasteiger partial charge < -0.3 is 9.64 Å². The second-order valence-corrected chi connectivity index (χ2v) is 7.76. The van der Waals surface area contributed by atoms with E-state index in [0.29, 0.717) is 6.10 Å². The van der Waals surface area contributed by atoms with E-state index < -0.39 is 0 Å². The molecule has 2 atom stereocenters. The van der Waals surface area contributed by atoms with Crippen LogP contribution in [-0.4, -0.2) is 37.1 Å². The molecule has 0 unspecified atom stereocenters. The van der Waals surface area contributed by atoms with Crippen LogP contribution in [0.4, 0.5) is 0 Å². The van der Waals surface area contributed by atoms with Crippen molar-refractivity contribution in [3.63, 3.8) is 0 Å². The Morgan fingerprint density at radius 3 is 2.62 bits per heavy atom. The molecule has 2 aliphatic rings. The molecule has 1 saturated heterocycles. The van der Waals surface area contributed by atoms with E-state index in [9.17, 15) is 4.79 Å². The fourth-order valence-corrected chi connectivity index (χ4v) is 4.92. The zero-order valence-corrected chi connectivity index (χ0v) is 15.5. The maximum Gasteiger partial charge on any atom is 0.253 e. The van der Waals surface area contributed by atoms with Crippen molar-refractivity contribution in [1.82, 2.24) is 4.90 Å². The molecule has 3 heteroatoms. The molecule has 3 nitrogen and oxygen atoms in total. The molecule has 2 fully saturated rings. The number of ether oxygens (including phenoxy) is 1. The van der Waals surface area contributed by atoms with Crippen molar-refractivity contribution >= 4 is 5.91 Å². The predicted octanol–water partition coefficient (Wildman–Crippen LogP) is 4.77. The van der Waals surface area contributed by atoms with E-state index in [1.54, 1.807) is 0 Å². The third kappa shape index (κ3) is 3.16. The number of likely N-dealkylation sites (tertiary alicyclic amines) is 1. The molecule has 0 aromatic heterocycles. The van der Waals surface area contributed by atoms with Crippen LogP contribution in [0.5, 0.6) is 0 Å². The number of rotatable bonds is 3. The van der Waals surface area contributed by atoms with Crippen LogP contribution in [-0.2, 0) is 4.74 Å². The molecule has 0 radical (unpaired) electrons. The molecule has 4 rings (SSSR count). The van der Waals surface area contributed by atoms with Gasteiger partial charge in [-0.3, -0.25) is 4.79 Å². The van der Waals surface area contributed by atoms with Crippen molar-refractivity contribution < 1.29 is 9.53 Å². The van der Waals surface area contributed by atoms with E-state index in [2.05, 4.69) is 23.1 Å². The van der Waals surface area contributed by atoms with Gasteiger partial charge in [-0.05, 0) is 48.9 Å². The van der Waals surface area contributed by atoms with Crippen LogP contribution in [0.3, 0.4) is 0 Å². The van der Waals surface area contributed by atoms with Gasteiger partial charge in [-0.15, -0.1) is 0 Å². The lowest BCUT2D eigenvalue weighted by Crippen LogP contribution is -2.49. The molecule has 1 spiro atoms. The van der Waals surface area contributed by atoms with Gasteiger partial charge in [0.05, 0.1) is 6.10 Å². The average molecular weight is 349 g/mol. The Labute approximate surface area is 156 Å². The summed E-state index contributed by atoms with van der Waals surface area (Å²) in [5.74, 6) is 0.156. The third-order valence-corrected chi connectivity index (χ3v) is 6.22. The van der Waals surface area contributed by atoms with Crippen LogP contribution in [0.1, 0.15) is 42.5 Å². The highest BCUT2D eigenvalue weighted by atomic mass is 16.5. The molecule has 0 bridgehead atoms. The highest BCUT2D eigenvalue weighted by molar-refractivity contribution is 5.95. The Morgan fingerprint density at radius 2 is 1.81 bits per heavy atom. The molecule has 26 heavy (non-hydrogen) atoms. The number of hydrogen-bond donors (Lipinski definition) is 0. The Hall–Kier alpha value is -2.13. The van der Waals surface area contributed by atoms with Crippen LogP contribution < -0.4 is 0 Å². The normalized spacial score (nSPS) is 25.6. The van der Waals surface area contributed by atoms with Crippen LogP contribution in [0, 0.1) is 5.41 Å². The van der Waals surface area contributed by atoms with Gasteiger partial charge in [-0.2, -0.15) is 0 Å². The Bertz CT molecular complexity index is 773. The van der Waals surface area contributed by atoms with Crippen molar-refractivity contribution in [1.29, 1.82) is 0 Å². The maximum absolute atomic E-state index is 13.2. The summed E-state index contributed by atoms with van der Waals surface area (Å²) >= 11 is 0. The highest BCUT2D eigenvalue weighted by Crippen LogP contribution is 2.46. The van der Waals surface area contributed by atoms with Gasteiger partial charge in [0.1, 0.15) is 0 Å². The largest absolute Gasteiger partial charge is 0.381 e. The van der Waals surface area contributed by atoms with Crippen molar-refractivity contribution in [3.8, 4) is 11.1 Å². The van der Waals surface area contributed by atoms with Gasteiger partial charge in [0.25, 0.3) is 5.91 Å². The van der Waals surface area contributed by atoms with Gasteiger partial charge in [0, 0.05) is 31.2 Å². The smallest absolute Gasteiger partial charge is 0.253 e. The minimum absolute atomic E-state index is 0.156. The number of nitrogens with zero attached hydrogens (tertiary/aromatic N) is 1. The second kappa shape index (κ2) is 7.24. The summed E-state index contributed by atoms with van der Waals surface area (Å²) in [6.07, 6.45) is 6.07. The highest BCUT2D eigenvalue weighted by Gasteiger charge is 2.46. The zero-order chi connectivity index (χ0) is 18.0. The van der Waals surface area contributed by atoms with Gasteiger partial charge >= 0.3 is 0 Å². The second-order valence-electron chi connectivity index (χ2n) is 7.76. The molecule has 0 N–H and O–H groups in total. The van der Waals surface area contributed by atoms with E-state index in [4.69, 9.17) is 4.74 Å². The number of amides is 1. The molecular weight excluding hydrogens is 322 g/mol. The molecule has 136 valence electrons. The Balaban J connectivity index is 1.56. The summed E-state index contributed by atoms with van der Waals surface area (Å²) in [5.41, 5.74) is 3.20. The fraction of sp³-hybridized carbons (Fsp3) is 0.435. The molecule has 1 amide bonds. The first-order valence-electron chi connectivity index (χ1n) is 9.69. The van der Waals surface area contributed by atoms with E-state index in [-0.39, 0.29) is 11.3 Å². The SMILES string of the molecule is CO[C@@H]1CCC[C@]12CCCN(C(=O)c1cccc(-c3ccccc3)c1)C2. The van der Waals surface area contributed by atoms with Crippen molar-refractivity contribution in [2.24, 2.45) is 5.41 Å². The lowest BCUT2D eigenvalue weighted by atomic mass is 9.76. The van der Waals surface area contributed by atoms with Crippen molar-refractivity contribution in [2.45, 2.75) is 38.2 Å². The molecule has 1 aliphatic heterocycles. The number of methoxy groups -OCH3 is 1. The molecule has 2 aromatic rings. The summed E-state index contributed by atoms with van der Waals surface area (Å²) in [6.45, 7) is 1.69. The van der Waals surface area contributed by atoms with Crippen LogP contribution in [0.25, 0.3) is 11.1 Å². The molecule has 1 aliphatic carbocycles. The third-order valence-electron chi connectivity index (χ3n) is 6.22. The number of hydrogen-bond acceptors (Lipinski definition) is 2. The topological polar surface area (TPSA) is 29.5 Å². The van der Waals surface area contributed by atoms with Gasteiger partial charge in [0.2, 0.25) is 0 Å². The Kier molecular flexibility index (Phi) is 4.82. The summed E-state index contributed by atoms with van der Waals surface area (Å²) in [5, 5.41) is 0. The number of benzene rings is 2. The minimum atomic E-state index is 0.156. The first-order chi connectivity index (χ1) is 12.7. The van der Waals surface area contributed by atoms with E-state index in [1.165, 1.54) is 19.3 Å². The summed E-state index contributed by atoms with van der Waals surface area (Å²) in [7, 11) is 1.82. The van der Waals surface area contributed by atoms with Crippen LogP contribution in [0.2, 0.25) is 0 Å².